The smallest absolute Gasteiger partial charge is 0.310 e. The number of amides is 1. The Bertz CT molecular complexity index is 769. The Labute approximate surface area is 190 Å². The van der Waals surface area contributed by atoms with Crippen LogP contribution in [0.25, 0.3) is 0 Å². The molecule has 1 aliphatic heterocycles. The lowest BCUT2D eigenvalue weighted by molar-refractivity contribution is -0.178. The van der Waals surface area contributed by atoms with E-state index in [1.807, 2.05) is 12.1 Å². The topological polar surface area (TPSA) is 72.6 Å². The molecule has 4 rings (SSSR count). The third kappa shape index (κ3) is 5.09. The highest BCUT2D eigenvalue weighted by Crippen LogP contribution is 2.40. The quantitative estimate of drug-likeness (QED) is 0.653. The van der Waals surface area contributed by atoms with Crippen molar-refractivity contribution in [3.05, 3.63) is 34.9 Å². The minimum Gasteiger partial charge on any atom is -0.447 e. The maximum atomic E-state index is 12.9. The summed E-state index contributed by atoms with van der Waals surface area (Å²) in [5.74, 6) is -0.131. The van der Waals surface area contributed by atoms with Crippen LogP contribution in [0.2, 0.25) is 5.02 Å². The van der Waals surface area contributed by atoms with Gasteiger partial charge < -0.3 is 10.5 Å². The molecule has 2 N–H and O–H groups in total. The van der Waals surface area contributed by atoms with E-state index in [4.69, 9.17) is 22.1 Å². The average Bonchev–Trinajstić information content (AvgIpc) is 3.21. The molecule has 0 radical (unpaired) electrons. The predicted molar refractivity (Wildman–Crippen MR) is 122 cm³/mol. The molecule has 0 spiro atoms. The number of primary amides is 1. The van der Waals surface area contributed by atoms with Crippen LogP contribution < -0.4 is 5.73 Å². The van der Waals surface area contributed by atoms with Gasteiger partial charge in [-0.1, -0.05) is 43.0 Å². The number of piperidine rings is 1. The molecule has 1 aromatic carbocycles. The number of rotatable bonds is 6. The number of nitrogens with zero attached hydrogens (tertiary/aromatic N) is 1. The molecule has 6 heteroatoms. The zero-order valence-corrected chi connectivity index (χ0v) is 19.1. The van der Waals surface area contributed by atoms with Gasteiger partial charge in [0.15, 0.2) is 0 Å². The third-order valence-electron chi connectivity index (χ3n) is 7.73. The summed E-state index contributed by atoms with van der Waals surface area (Å²) in [6.07, 6.45) is 10.5. The van der Waals surface area contributed by atoms with Gasteiger partial charge in [0.05, 0.1) is 12.0 Å². The number of carbonyl (C=O) groups excluding carboxylic acids is 2. The second kappa shape index (κ2) is 9.91. The van der Waals surface area contributed by atoms with E-state index in [-0.39, 0.29) is 17.9 Å². The van der Waals surface area contributed by atoms with Gasteiger partial charge >= 0.3 is 5.97 Å². The summed E-state index contributed by atoms with van der Waals surface area (Å²) in [7, 11) is 0. The van der Waals surface area contributed by atoms with E-state index >= 15 is 0 Å². The summed E-state index contributed by atoms with van der Waals surface area (Å²) in [6.45, 7) is 1.83. The summed E-state index contributed by atoms with van der Waals surface area (Å²) in [5.41, 5.74) is 6.06. The summed E-state index contributed by atoms with van der Waals surface area (Å²) in [4.78, 5) is 27.9. The molecule has 31 heavy (non-hydrogen) atoms. The first-order chi connectivity index (χ1) is 15.0. The van der Waals surface area contributed by atoms with Gasteiger partial charge in [0.25, 0.3) is 5.91 Å². The number of carbonyl (C=O) groups is 2. The minimum absolute atomic E-state index is 0.0728. The van der Waals surface area contributed by atoms with Crippen LogP contribution in [-0.2, 0) is 20.7 Å². The maximum Gasteiger partial charge on any atom is 0.310 e. The van der Waals surface area contributed by atoms with Gasteiger partial charge in [-0.3, -0.25) is 14.5 Å². The molecular formula is C25H35ClN2O3. The Morgan fingerprint density at radius 1 is 1.00 bits per heavy atom. The molecule has 2 atom stereocenters. The normalized spacial score (nSPS) is 28.5. The minimum atomic E-state index is -1.16. The van der Waals surface area contributed by atoms with Crippen molar-refractivity contribution in [2.45, 2.75) is 82.3 Å². The number of hydrogen-bond acceptors (Lipinski definition) is 4. The third-order valence-corrected chi connectivity index (χ3v) is 7.98. The number of likely N-dealkylation sites (tertiary alicyclic amines) is 1. The van der Waals surface area contributed by atoms with Crippen LogP contribution in [0.3, 0.4) is 0 Å². The van der Waals surface area contributed by atoms with E-state index in [9.17, 15) is 9.59 Å². The molecule has 1 saturated heterocycles. The molecule has 5 nitrogen and oxygen atoms in total. The van der Waals surface area contributed by atoms with E-state index in [1.165, 1.54) is 12.0 Å². The number of esters is 1. The highest BCUT2D eigenvalue weighted by molar-refractivity contribution is 6.30. The molecule has 1 amide bonds. The summed E-state index contributed by atoms with van der Waals surface area (Å²) < 4.78 is 6.03. The monoisotopic (exact) mass is 446 g/mol. The second-order valence-corrected chi connectivity index (χ2v) is 10.2. The molecular weight excluding hydrogens is 412 g/mol. The van der Waals surface area contributed by atoms with Gasteiger partial charge in [0.1, 0.15) is 0 Å². The van der Waals surface area contributed by atoms with Crippen LogP contribution in [0, 0.1) is 11.8 Å². The van der Waals surface area contributed by atoms with E-state index in [1.54, 1.807) is 0 Å². The molecule has 2 aliphatic carbocycles. The summed E-state index contributed by atoms with van der Waals surface area (Å²) in [6, 6.07) is 8.02. The fourth-order valence-electron chi connectivity index (χ4n) is 5.92. The van der Waals surface area contributed by atoms with Crippen LogP contribution in [0.15, 0.2) is 24.3 Å². The zero-order valence-electron chi connectivity index (χ0n) is 18.4. The number of nitrogens with two attached hydrogens (primary N) is 1. The van der Waals surface area contributed by atoms with Gasteiger partial charge in [-0.2, -0.15) is 0 Å². The van der Waals surface area contributed by atoms with Gasteiger partial charge in [-0.15, -0.1) is 0 Å². The van der Waals surface area contributed by atoms with Gasteiger partial charge in [0.2, 0.25) is 5.60 Å². The molecule has 170 valence electrons. The fraction of sp³-hybridized carbons (Fsp3) is 0.680. The Morgan fingerprint density at radius 2 is 1.68 bits per heavy atom. The van der Waals surface area contributed by atoms with Crippen molar-refractivity contribution in [1.29, 1.82) is 0 Å². The first kappa shape index (κ1) is 22.6. The van der Waals surface area contributed by atoms with Gasteiger partial charge in [-0.25, -0.2) is 0 Å². The zero-order chi connectivity index (χ0) is 21.8. The van der Waals surface area contributed by atoms with Crippen LogP contribution in [0.4, 0.5) is 0 Å². The Hall–Kier alpha value is -1.59. The Balaban J connectivity index is 1.38. The van der Waals surface area contributed by atoms with Crippen molar-refractivity contribution in [2.24, 2.45) is 17.6 Å². The highest BCUT2D eigenvalue weighted by Gasteiger charge is 2.54. The Kier molecular flexibility index (Phi) is 7.22. The van der Waals surface area contributed by atoms with Crippen molar-refractivity contribution < 1.29 is 14.3 Å². The van der Waals surface area contributed by atoms with Crippen molar-refractivity contribution in [1.82, 2.24) is 4.90 Å². The van der Waals surface area contributed by atoms with E-state index in [0.29, 0.717) is 12.3 Å². The summed E-state index contributed by atoms with van der Waals surface area (Å²) in [5, 5.41) is 0.769. The van der Waals surface area contributed by atoms with E-state index in [2.05, 4.69) is 17.0 Å². The molecule has 0 aromatic heterocycles. The molecule has 3 aliphatic rings. The summed E-state index contributed by atoms with van der Waals surface area (Å²) >= 11 is 6.00. The fourth-order valence-corrected chi connectivity index (χ4v) is 6.04. The van der Waals surface area contributed by atoms with Gasteiger partial charge in [0, 0.05) is 5.02 Å². The van der Waals surface area contributed by atoms with E-state index < -0.39 is 11.5 Å². The number of ether oxygens (including phenoxy) is 1. The lowest BCUT2D eigenvalue weighted by atomic mass is 9.86. The lowest BCUT2D eigenvalue weighted by Crippen LogP contribution is -2.60. The second-order valence-electron chi connectivity index (χ2n) is 9.73. The van der Waals surface area contributed by atoms with Crippen molar-refractivity contribution >= 4 is 23.5 Å². The van der Waals surface area contributed by atoms with Crippen LogP contribution in [0.5, 0.6) is 0 Å². The molecule has 2 unspecified atom stereocenters. The van der Waals surface area contributed by atoms with Crippen molar-refractivity contribution in [2.75, 3.05) is 13.1 Å². The van der Waals surface area contributed by atoms with Crippen LogP contribution in [-0.4, -0.2) is 41.5 Å². The standard InChI is InChI=1S/C25H35ClN2O3/c26-21-10-8-18(9-11-21)17-19-12-15-28(16-13-19)22-7-4-14-25(22,24(27)30)31-23(29)20-5-2-1-3-6-20/h8-11,19-20,22H,1-7,12-17H2,(H2,27,30). The highest BCUT2D eigenvalue weighted by atomic mass is 35.5. The maximum absolute atomic E-state index is 12.9. The van der Waals surface area contributed by atoms with Crippen LogP contribution >= 0.6 is 11.6 Å². The van der Waals surface area contributed by atoms with Crippen molar-refractivity contribution in [3.63, 3.8) is 0 Å². The van der Waals surface area contributed by atoms with Crippen molar-refractivity contribution in [3.8, 4) is 0 Å². The molecule has 1 aromatic rings. The average molecular weight is 447 g/mol. The van der Waals surface area contributed by atoms with Crippen LogP contribution in [0.1, 0.15) is 69.8 Å². The Morgan fingerprint density at radius 3 is 2.32 bits per heavy atom. The number of hydrogen-bond donors (Lipinski definition) is 1. The van der Waals surface area contributed by atoms with E-state index in [0.717, 1.165) is 75.9 Å². The number of halogens is 1. The molecule has 2 saturated carbocycles. The largest absolute Gasteiger partial charge is 0.447 e. The first-order valence-electron chi connectivity index (χ1n) is 12.0. The van der Waals surface area contributed by atoms with Gasteiger partial charge in [-0.05, 0) is 88.1 Å². The molecule has 3 fully saturated rings. The molecule has 1 heterocycles. The predicted octanol–water partition coefficient (Wildman–Crippen LogP) is 4.49. The first-order valence-corrected chi connectivity index (χ1v) is 12.4. The lowest BCUT2D eigenvalue weighted by Gasteiger charge is -2.43. The number of benzene rings is 1. The molecule has 0 bridgehead atoms. The SMILES string of the molecule is NC(=O)C1(OC(=O)C2CCCCC2)CCCC1N1CCC(Cc2ccc(Cl)cc2)CC1.